The fourth-order valence-electron chi connectivity index (χ4n) is 1.37. The molecule has 1 heterocycles. The molecule has 2 rings (SSSR count). The summed E-state index contributed by atoms with van der Waals surface area (Å²) in [7, 11) is 0. The van der Waals surface area contributed by atoms with Gasteiger partial charge in [0.15, 0.2) is 0 Å². The van der Waals surface area contributed by atoms with Crippen molar-refractivity contribution in [3.8, 4) is 11.3 Å². The van der Waals surface area contributed by atoms with Crippen LogP contribution in [-0.4, -0.2) is 4.98 Å². The van der Waals surface area contributed by atoms with Crippen molar-refractivity contribution in [2.24, 2.45) is 5.73 Å². The monoisotopic (exact) mass is 202 g/mol. The summed E-state index contributed by atoms with van der Waals surface area (Å²) in [5.74, 6) is -0.242. The van der Waals surface area contributed by atoms with E-state index in [-0.39, 0.29) is 5.82 Å². The Kier molecular flexibility index (Phi) is 2.74. The molecule has 15 heavy (non-hydrogen) atoms. The number of aromatic nitrogens is 1. The van der Waals surface area contributed by atoms with Gasteiger partial charge in [0.05, 0.1) is 11.4 Å². The minimum atomic E-state index is -0.242. The van der Waals surface area contributed by atoms with Crippen LogP contribution in [0.3, 0.4) is 0 Å². The van der Waals surface area contributed by atoms with Crippen molar-refractivity contribution in [2.75, 3.05) is 0 Å². The first-order valence-corrected chi connectivity index (χ1v) is 4.71. The van der Waals surface area contributed by atoms with E-state index in [0.717, 1.165) is 17.0 Å². The third-order valence-electron chi connectivity index (χ3n) is 2.16. The van der Waals surface area contributed by atoms with Gasteiger partial charge in [0.2, 0.25) is 0 Å². The maximum absolute atomic E-state index is 12.7. The Morgan fingerprint density at radius 1 is 1.07 bits per heavy atom. The van der Waals surface area contributed by atoms with Crippen LogP contribution >= 0.6 is 0 Å². The summed E-state index contributed by atoms with van der Waals surface area (Å²) in [5, 5.41) is 0. The lowest BCUT2D eigenvalue weighted by Gasteiger charge is -2.02. The van der Waals surface area contributed by atoms with E-state index < -0.39 is 0 Å². The molecule has 0 amide bonds. The minimum Gasteiger partial charge on any atom is -0.325 e. The number of hydrogen-bond donors (Lipinski definition) is 1. The van der Waals surface area contributed by atoms with Gasteiger partial charge in [0.25, 0.3) is 0 Å². The van der Waals surface area contributed by atoms with Gasteiger partial charge < -0.3 is 5.73 Å². The number of hydrogen-bond acceptors (Lipinski definition) is 2. The van der Waals surface area contributed by atoms with Crippen molar-refractivity contribution in [1.82, 2.24) is 4.98 Å². The van der Waals surface area contributed by atoms with Crippen LogP contribution in [0.5, 0.6) is 0 Å². The van der Waals surface area contributed by atoms with Gasteiger partial charge in [-0.2, -0.15) is 0 Å². The van der Waals surface area contributed by atoms with Gasteiger partial charge in [-0.05, 0) is 36.4 Å². The summed E-state index contributed by atoms with van der Waals surface area (Å²) in [6, 6.07) is 11.9. The van der Waals surface area contributed by atoms with Gasteiger partial charge in [-0.1, -0.05) is 6.07 Å². The van der Waals surface area contributed by atoms with Crippen molar-refractivity contribution in [3.05, 3.63) is 54.0 Å². The molecule has 0 saturated carbocycles. The molecule has 0 aliphatic carbocycles. The normalized spacial score (nSPS) is 10.3. The zero-order chi connectivity index (χ0) is 10.7. The highest BCUT2D eigenvalue weighted by atomic mass is 19.1. The predicted octanol–water partition coefficient (Wildman–Crippen LogP) is 2.35. The van der Waals surface area contributed by atoms with E-state index in [0.29, 0.717) is 6.54 Å². The van der Waals surface area contributed by atoms with Crippen LogP contribution in [0, 0.1) is 5.82 Å². The summed E-state index contributed by atoms with van der Waals surface area (Å²) < 4.78 is 12.7. The molecule has 0 aliphatic rings. The van der Waals surface area contributed by atoms with Crippen molar-refractivity contribution in [1.29, 1.82) is 0 Å². The first-order chi connectivity index (χ1) is 7.29. The lowest BCUT2D eigenvalue weighted by Crippen LogP contribution is -1.99. The van der Waals surface area contributed by atoms with Gasteiger partial charge in [-0.15, -0.1) is 0 Å². The molecule has 0 atom stereocenters. The van der Waals surface area contributed by atoms with Crippen molar-refractivity contribution in [3.63, 3.8) is 0 Å². The molecule has 2 nitrogen and oxygen atoms in total. The molecule has 0 saturated heterocycles. The van der Waals surface area contributed by atoms with Crippen LogP contribution in [0.1, 0.15) is 5.69 Å². The molecule has 0 bridgehead atoms. The quantitative estimate of drug-likeness (QED) is 0.811. The second-order valence-electron chi connectivity index (χ2n) is 3.23. The van der Waals surface area contributed by atoms with Crippen molar-refractivity contribution < 1.29 is 4.39 Å². The first kappa shape index (κ1) is 9.80. The Morgan fingerprint density at radius 2 is 1.80 bits per heavy atom. The van der Waals surface area contributed by atoms with E-state index in [1.807, 2.05) is 18.2 Å². The third-order valence-corrected chi connectivity index (χ3v) is 2.16. The zero-order valence-corrected chi connectivity index (χ0v) is 8.15. The van der Waals surface area contributed by atoms with Crippen LogP contribution in [0.15, 0.2) is 42.5 Å². The van der Waals surface area contributed by atoms with E-state index in [4.69, 9.17) is 5.73 Å². The molecule has 0 spiro atoms. The Morgan fingerprint density at radius 3 is 2.47 bits per heavy atom. The molecule has 2 N–H and O–H groups in total. The number of nitrogens with zero attached hydrogens (tertiary/aromatic N) is 1. The van der Waals surface area contributed by atoms with Crippen LogP contribution in [-0.2, 0) is 6.54 Å². The summed E-state index contributed by atoms with van der Waals surface area (Å²) in [4.78, 5) is 4.34. The average Bonchev–Trinajstić information content (AvgIpc) is 2.30. The van der Waals surface area contributed by atoms with Crippen LogP contribution in [0.4, 0.5) is 4.39 Å². The molecular formula is C12H11FN2. The lowest BCUT2D eigenvalue weighted by molar-refractivity contribution is 0.628. The van der Waals surface area contributed by atoms with Gasteiger partial charge in [-0.3, -0.25) is 4.98 Å². The number of halogens is 1. The Balaban J connectivity index is 2.40. The molecule has 1 aromatic carbocycles. The van der Waals surface area contributed by atoms with Crippen LogP contribution < -0.4 is 5.73 Å². The molecule has 1 aromatic heterocycles. The van der Waals surface area contributed by atoms with Crippen molar-refractivity contribution in [2.45, 2.75) is 6.54 Å². The maximum Gasteiger partial charge on any atom is 0.123 e. The molecule has 0 fully saturated rings. The standard InChI is InChI=1S/C12H11FN2/c13-10-6-4-9(5-7-10)12-3-1-2-11(8-14)15-12/h1-7H,8,14H2. The predicted molar refractivity (Wildman–Crippen MR) is 57.5 cm³/mol. The van der Waals surface area contributed by atoms with E-state index in [1.54, 1.807) is 12.1 Å². The molecule has 0 unspecified atom stereocenters. The molecule has 0 radical (unpaired) electrons. The molecule has 76 valence electrons. The number of pyridine rings is 1. The van der Waals surface area contributed by atoms with Crippen molar-refractivity contribution >= 4 is 0 Å². The number of rotatable bonds is 2. The SMILES string of the molecule is NCc1cccc(-c2ccc(F)cc2)n1. The van der Waals surface area contributed by atoms with Gasteiger partial charge in [-0.25, -0.2) is 4.39 Å². The minimum absolute atomic E-state index is 0.242. The molecular weight excluding hydrogens is 191 g/mol. The summed E-state index contributed by atoms with van der Waals surface area (Å²) in [6.45, 7) is 0.412. The van der Waals surface area contributed by atoms with Crippen LogP contribution in [0.25, 0.3) is 11.3 Å². The largest absolute Gasteiger partial charge is 0.325 e. The Bertz CT molecular complexity index is 451. The molecule has 3 heteroatoms. The van der Waals surface area contributed by atoms with Gasteiger partial charge in [0.1, 0.15) is 5.82 Å². The summed E-state index contributed by atoms with van der Waals surface area (Å²) in [5.41, 5.74) is 8.04. The van der Waals surface area contributed by atoms with E-state index in [1.165, 1.54) is 12.1 Å². The fourth-order valence-corrected chi connectivity index (χ4v) is 1.37. The Hall–Kier alpha value is -1.74. The van der Waals surface area contributed by atoms with Gasteiger partial charge >= 0.3 is 0 Å². The third kappa shape index (κ3) is 2.19. The topological polar surface area (TPSA) is 38.9 Å². The fraction of sp³-hybridized carbons (Fsp3) is 0.0833. The van der Waals surface area contributed by atoms with E-state index in [2.05, 4.69) is 4.98 Å². The second kappa shape index (κ2) is 4.19. The molecule has 2 aromatic rings. The summed E-state index contributed by atoms with van der Waals surface area (Å²) >= 11 is 0. The highest BCUT2D eigenvalue weighted by Crippen LogP contribution is 2.17. The summed E-state index contributed by atoms with van der Waals surface area (Å²) in [6.07, 6.45) is 0. The zero-order valence-electron chi connectivity index (χ0n) is 8.15. The Labute approximate surface area is 87.6 Å². The van der Waals surface area contributed by atoms with Crippen LogP contribution in [0.2, 0.25) is 0 Å². The number of benzene rings is 1. The first-order valence-electron chi connectivity index (χ1n) is 4.71. The highest BCUT2D eigenvalue weighted by Gasteiger charge is 2.00. The average molecular weight is 202 g/mol. The number of nitrogens with two attached hydrogens (primary N) is 1. The molecule has 0 aliphatic heterocycles. The van der Waals surface area contributed by atoms with Gasteiger partial charge in [0, 0.05) is 12.1 Å². The highest BCUT2D eigenvalue weighted by molar-refractivity contribution is 5.58. The smallest absolute Gasteiger partial charge is 0.123 e. The van der Waals surface area contributed by atoms with E-state index in [9.17, 15) is 4.39 Å². The second-order valence-corrected chi connectivity index (χ2v) is 3.23. The van der Waals surface area contributed by atoms with E-state index >= 15 is 0 Å². The lowest BCUT2D eigenvalue weighted by atomic mass is 10.1. The maximum atomic E-state index is 12.7.